The summed E-state index contributed by atoms with van der Waals surface area (Å²) in [4.78, 5) is 25.9. The van der Waals surface area contributed by atoms with Crippen molar-refractivity contribution in [3.63, 3.8) is 0 Å². The molecule has 1 heterocycles. The number of aromatic carboxylic acids is 1. The summed E-state index contributed by atoms with van der Waals surface area (Å²) < 4.78 is 0. The Bertz CT molecular complexity index is 909. The Kier molecular flexibility index (Phi) is 3.93. The van der Waals surface area contributed by atoms with Crippen molar-refractivity contribution in [1.82, 2.24) is 4.98 Å². The number of para-hydroxylation sites is 1. The van der Waals surface area contributed by atoms with E-state index in [4.69, 9.17) is 0 Å². The van der Waals surface area contributed by atoms with Gasteiger partial charge in [-0.15, -0.1) is 0 Å². The molecule has 3 aromatic rings. The van der Waals surface area contributed by atoms with Crippen molar-refractivity contribution in [2.45, 2.75) is 0 Å². The number of carbonyl (C=O) groups is 2. The van der Waals surface area contributed by atoms with E-state index in [9.17, 15) is 14.7 Å². The first kappa shape index (κ1) is 14.6. The fourth-order valence-electron chi connectivity index (χ4n) is 2.31. The van der Waals surface area contributed by atoms with Crippen LogP contribution in [0.4, 0.5) is 5.69 Å². The first-order valence-corrected chi connectivity index (χ1v) is 7.00. The van der Waals surface area contributed by atoms with Crippen LogP contribution >= 0.6 is 0 Å². The van der Waals surface area contributed by atoms with Gasteiger partial charge < -0.3 is 20.2 Å². The summed E-state index contributed by atoms with van der Waals surface area (Å²) in [7, 11) is 0. The molecule has 114 valence electrons. The zero-order chi connectivity index (χ0) is 16.2. The van der Waals surface area contributed by atoms with Crippen LogP contribution in [0.3, 0.4) is 0 Å². The van der Waals surface area contributed by atoms with Crippen LogP contribution < -0.4 is 10.4 Å². The molecular weight excluding hydrogens is 292 g/mol. The van der Waals surface area contributed by atoms with Gasteiger partial charge >= 0.3 is 0 Å². The highest BCUT2D eigenvalue weighted by atomic mass is 16.4. The van der Waals surface area contributed by atoms with Gasteiger partial charge in [0.15, 0.2) is 0 Å². The van der Waals surface area contributed by atoms with Crippen LogP contribution in [0.2, 0.25) is 0 Å². The zero-order valence-corrected chi connectivity index (χ0v) is 12.1. The number of hydrogen-bond acceptors (Lipinski definition) is 3. The molecule has 0 radical (unpaired) electrons. The molecular formula is C18H13N2O3-. The quantitative estimate of drug-likeness (QED) is 0.724. The molecule has 0 bridgehead atoms. The van der Waals surface area contributed by atoms with E-state index in [2.05, 4.69) is 10.3 Å². The van der Waals surface area contributed by atoms with Gasteiger partial charge in [-0.25, -0.2) is 0 Å². The number of carboxylic acids is 1. The van der Waals surface area contributed by atoms with Gasteiger partial charge in [0.1, 0.15) is 0 Å². The number of benzene rings is 2. The third-order valence-corrected chi connectivity index (χ3v) is 3.40. The molecule has 3 rings (SSSR count). The lowest BCUT2D eigenvalue weighted by atomic mass is 10.1. The van der Waals surface area contributed by atoms with Gasteiger partial charge in [0.25, 0.3) is 0 Å². The third-order valence-electron chi connectivity index (χ3n) is 3.40. The molecule has 0 aliphatic heterocycles. The van der Waals surface area contributed by atoms with Crippen LogP contribution in [0.25, 0.3) is 17.0 Å². The topological polar surface area (TPSA) is 85.0 Å². The summed E-state index contributed by atoms with van der Waals surface area (Å²) >= 11 is 0. The lowest BCUT2D eigenvalue weighted by Crippen LogP contribution is -2.22. The number of carboxylic acid groups (broad SMARTS) is 1. The molecule has 0 saturated carbocycles. The second kappa shape index (κ2) is 6.19. The summed E-state index contributed by atoms with van der Waals surface area (Å²) in [5.41, 5.74) is 2.32. The number of amides is 1. The molecule has 0 aliphatic rings. The number of fused-ring (bicyclic) bond motifs is 1. The van der Waals surface area contributed by atoms with Crippen LogP contribution in [-0.2, 0) is 4.79 Å². The predicted octanol–water partition coefficient (Wildman–Crippen LogP) is 2.18. The van der Waals surface area contributed by atoms with Crippen molar-refractivity contribution < 1.29 is 14.7 Å². The molecule has 2 aromatic carbocycles. The van der Waals surface area contributed by atoms with Gasteiger partial charge in [0.2, 0.25) is 5.91 Å². The standard InChI is InChI=1S/C18H14N2O3/c21-17(20-14-5-3-4-12(10-14)18(22)23)9-8-13-11-19-16-7-2-1-6-15(13)16/h1-11,19H,(H,20,21)(H,22,23)/p-1. The number of rotatable bonds is 4. The monoisotopic (exact) mass is 305 g/mol. The van der Waals surface area contributed by atoms with E-state index in [1.165, 1.54) is 18.2 Å². The van der Waals surface area contributed by atoms with Crippen LogP contribution in [0.15, 0.2) is 60.8 Å². The molecule has 0 spiro atoms. The van der Waals surface area contributed by atoms with Crippen molar-refractivity contribution >= 4 is 34.5 Å². The zero-order valence-electron chi connectivity index (χ0n) is 12.1. The number of anilines is 1. The molecule has 0 unspecified atom stereocenters. The summed E-state index contributed by atoms with van der Waals surface area (Å²) in [5, 5.41) is 14.4. The van der Waals surface area contributed by atoms with Gasteiger partial charge in [-0.3, -0.25) is 4.79 Å². The number of hydrogen-bond donors (Lipinski definition) is 2. The smallest absolute Gasteiger partial charge is 0.248 e. The Morgan fingerprint density at radius 2 is 1.91 bits per heavy atom. The van der Waals surface area contributed by atoms with Gasteiger partial charge in [-0.1, -0.05) is 30.3 Å². The number of aromatic amines is 1. The van der Waals surface area contributed by atoms with Crippen molar-refractivity contribution in [3.8, 4) is 0 Å². The normalized spacial score (nSPS) is 11.0. The average molecular weight is 305 g/mol. The summed E-state index contributed by atoms with van der Waals surface area (Å²) in [5.74, 6) is -1.62. The number of carbonyl (C=O) groups excluding carboxylic acids is 2. The van der Waals surface area contributed by atoms with Crippen LogP contribution in [0, 0.1) is 0 Å². The minimum absolute atomic E-state index is 0.0170. The molecule has 23 heavy (non-hydrogen) atoms. The van der Waals surface area contributed by atoms with Crippen molar-refractivity contribution in [2.75, 3.05) is 5.32 Å². The van der Waals surface area contributed by atoms with Crippen LogP contribution in [0.1, 0.15) is 15.9 Å². The second-order valence-electron chi connectivity index (χ2n) is 4.98. The van der Waals surface area contributed by atoms with E-state index in [1.807, 2.05) is 30.5 Å². The Morgan fingerprint density at radius 1 is 1.09 bits per heavy atom. The minimum Gasteiger partial charge on any atom is -0.545 e. The molecule has 1 amide bonds. The maximum atomic E-state index is 12.0. The van der Waals surface area contributed by atoms with Gasteiger partial charge in [-0.2, -0.15) is 0 Å². The van der Waals surface area contributed by atoms with Crippen molar-refractivity contribution in [1.29, 1.82) is 0 Å². The second-order valence-corrected chi connectivity index (χ2v) is 4.98. The third kappa shape index (κ3) is 3.29. The maximum absolute atomic E-state index is 12.0. The number of nitrogens with one attached hydrogen (secondary N) is 2. The predicted molar refractivity (Wildman–Crippen MR) is 86.7 cm³/mol. The van der Waals surface area contributed by atoms with Crippen molar-refractivity contribution in [3.05, 3.63) is 71.9 Å². The summed E-state index contributed by atoms with van der Waals surface area (Å²) in [6.07, 6.45) is 4.93. The van der Waals surface area contributed by atoms with E-state index in [-0.39, 0.29) is 11.5 Å². The minimum atomic E-state index is -1.28. The fourth-order valence-corrected chi connectivity index (χ4v) is 2.31. The Hall–Kier alpha value is -3.34. The molecule has 0 aliphatic carbocycles. The van der Waals surface area contributed by atoms with E-state index in [1.54, 1.807) is 18.2 Å². The van der Waals surface area contributed by atoms with Crippen LogP contribution in [0.5, 0.6) is 0 Å². The number of H-pyrrole nitrogens is 1. The number of aromatic nitrogens is 1. The summed E-state index contributed by atoms with van der Waals surface area (Å²) in [6, 6.07) is 13.7. The SMILES string of the molecule is O=C(C=Cc1c[nH]c2ccccc12)Nc1cccc(C(=O)[O-])c1. The highest BCUT2D eigenvalue weighted by Crippen LogP contribution is 2.19. The highest BCUT2D eigenvalue weighted by molar-refractivity contribution is 6.04. The lowest BCUT2D eigenvalue weighted by molar-refractivity contribution is -0.255. The molecule has 0 atom stereocenters. The maximum Gasteiger partial charge on any atom is 0.248 e. The molecule has 5 heteroatoms. The largest absolute Gasteiger partial charge is 0.545 e. The van der Waals surface area contributed by atoms with E-state index < -0.39 is 5.97 Å². The average Bonchev–Trinajstić information content (AvgIpc) is 2.96. The molecule has 5 nitrogen and oxygen atoms in total. The van der Waals surface area contributed by atoms with Gasteiger partial charge in [-0.05, 0) is 35.4 Å². The van der Waals surface area contributed by atoms with Crippen molar-refractivity contribution in [2.24, 2.45) is 0 Å². The molecule has 1 aromatic heterocycles. The van der Waals surface area contributed by atoms with Gasteiger partial charge in [0, 0.05) is 28.9 Å². The first-order valence-electron chi connectivity index (χ1n) is 7.00. The molecule has 2 N–H and O–H groups in total. The van der Waals surface area contributed by atoms with E-state index >= 15 is 0 Å². The van der Waals surface area contributed by atoms with E-state index in [0.717, 1.165) is 16.5 Å². The lowest BCUT2D eigenvalue weighted by Gasteiger charge is -2.06. The Labute approximate surface area is 132 Å². The Morgan fingerprint density at radius 3 is 2.74 bits per heavy atom. The first-order chi connectivity index (χ1) is 11.1. The highest BCUT2D eigenvalue weighted by Gasteiger charge is 2.02. The van der Waals surface area contributed by atoms with Crippen LogP contribution in [-0.4, -0.2) is 16.9 Å². The van der Waals surface area contributed by atoms with E-state index in [0.29, 0.717) is 5.69 Å². The van der Waals surface area contributed by atoms with Gasteiger partial charge in [0.05, 0.1) is 5.97 Å². The fraction of sp³-hybridized carbons (Fsp3) is 0. The molecule has 0 saturated heterocycles. The summed E-state index contributed by atoms with van der Waals surface area (Å²) in [6.45, 7) is 0. The Balaban J connectivity index is 1.74. The molecule has 0 fully saturated rings.